The van der Waals surface area contributed by atoms with Gasteiger partial charge in [-0.3, -0.25) is 4.79 Å². The monoisotopic (exact) mass is 200 g/mol. The van der Waals surface area contributed by atoms with Crippen molar-refractivity contribution in [2.75, 3.05) is 12.0 Å². The summed E-state index contributed by atoms with van der Waals surface area (Å²) in [6, 6.07) is 0. The Balaban J connectivity index is 4.09. The maximum Gasteiger partial charge on any atom is 0.307 e. The van der Waals surface area contributed by atoms with Crippen LogP contribution < -0.4 is 0 Å². The van der Waals surface area contributed by atoms with E-state index in [1.165, 1.54) is 0 Å². The number of carbonyl (C=O) groups is 1. The van der Waals surface area contributed by atoms with Crippen molar-refractivity contribution in [2.24, 2.45) is 0 Å². The first-order valence-electron chi connectivity index (χ1n) is 4.22. The first kappa shape index (κ1) is 12.3. The number of carboxylic acid groups (broad SMARTS) is 1. The van der Waals surface area contributed by atoms with Crippen LogP contribution >= 0.6 is 11.8 Å². The molecule has 0 amide bonds. The molecule has 0 aromatic rings. The molecule has 0 aliphatic carbocycles. The largest absolute Gasteiger partial charge is 0.481 e. The van der Waals surface area contributed by atoms with Crippen LogP contribution in [0.5, 0.6) is 0 Å². The van der Waals surface area contributed by atoms with Crippen molar-refractivity contribution < 1.29 is 9.90 Å². The number of carboxylic acids is 1. The second kappa shape index (κ2) is 7.92. The minimum Gasteiger partial charge on any atom is -0.481 e. The Hall–Kier alpha value is -0.700. The van der Waals surface area contributed by atoms with Crippen LogP contribution in [0.1, 0.15) is 19.8 Å². The van der Waals surface area contributed by atoms with E-state index in [1.807, 2.05) is 31.4 Å². The lowest BCUT2D eigenvalue weighted by Crippen LogP contribution is -1.98. The Morgan fingerprint density at radius 2 is 2.23 bits per heavy atom. The third kappa shape index (κ3) is 7.65. The Kier molecular flexibility index (Phi) is 7.50. The molecule has 0 rings (SSSR count). The summed E-state index contributed by atoms with van der Waals surface area (Å²) < 4.78 is 0. The summed E-state index contributed by atoms with van der Waals surface area (Å²) in [6.07, 6.45) is 8.72. The Morgan fingerprint density at radius 3 is 2.69 bits per heavy atom. The van der Waals surface area contributed by atoms with Gasteiger partial charge in [0.25, 0.3) is 0 Å². The molecule has 0 aromatic heterocycles. The van der Waals surface area contributed by atoms with E-state index < -0.39 is 5.97 Å². The molecule has 0 spiro atoms. The summed E-state index contributed by atoms with van der Waals surface area (Å²) in [6.45, 7) is 1.92. The first-order chi connectivity index (χ1) is 6.20. The Morgan fingerprint density at radius 1 is 1.54 bits per heavy atom. The van der Waals surface area contributed by atoms with Crippen LogP contribution in [0, 0.1) is 0 Å². The molecule has 13 heavy (non-hydrogen) atoms. The van der Waals surface area contributed by atoms with E-state index in [1.54, 1.807) is 11.8 Å². The fourth-order valence-corrected chi connectivity index (χ4v) is 1.36. The molecule has 0 saturated carbocycles. The predicted molar refractivity (Wildman–Crippen MR) is 58.1 cm³/mol. The highest BCUT2D eigenvalue weighted by atomic mass is 32.2. The zero-order valence-electron chi connectivity index (χ0n) is 8.12. The summed E-state index contributed by atoms with van der Waals surface area (Å²) in [5, 5.41) is 8.61. The molecule has 0 heterocycles. The van der Waals surface area contributed by atoms with Crippen LogP contribution in [0.4, 0.5) is 0 Å². The number of allylic oxidation sites excluding steroid dienone is 3. The van der Waals surface area contributed by atoms with Crippen molar-refractivity contribution >= 4 is 17.7 Å². The second-order valence-corrected chi connectivity index (χ2v) is 3.65. The molecular formula is C10H16O2S. The summed E-state index contributed by atoms with van der Waals surface area (Å²) >= 11 is 1.73. The average molecular weight is 200 g/mol. The molecule has 0 fully saturated rings. The van der Waals surface area contributed by atoms with E-state index >= 15 is 0 Å². The van der Waals surface area contributed by atoms with E-state index in [0.717, 1.165) is 17.7 Å². The topological polar surface area (TPSA) is 37.3 Å². The number of hydrogen-bond acceptors (Lipinski definition) is 2. The van der Waals surface area contributed by atoms with Crippen LogP contribution in [-0.4, -0.2) is 23.1 Å². The fraction of sp³-hybridized carbons (Fsp3) is 0.500. The molecular weight excluding hydrogens is 184 g/mol. The Bertz CT molecular complexity index is 207. The minimum absolute atomic E-state index is 0.158. The maximum atomic E-state index is 10.5. The molecule has 0 saturated heterocycles. The molecule has 0 aromatic carbocycles. The SMILES string of the molecule is C/C=C\C=C(/CCSC)CC(=O)O. The van der Waals surface area contributed by atoms with Crippen molar-refractivity contribution in [3.8, 4) is 0 Å². The normalized spacial score (nSPS) is 12.3. The zero-order chi connectivity index (χ0) is 10.1. The fourth-order valence-electron chi connectivity index (χ4n) is 0.890. The summed E-state index contributed by atoms with van der Waals surface area (Å²) in [4.78, 5) is 10.5. The molecule has 74 valence electrons. The van der Waals surface area contributed by atoms with Crippen LogP contribution in [0.15, 0.2) is 23.8 Å². The van der Waals surface area contributed by atoms with Gasteiger partial charge in [-0.2, -0.15) is 11.8 Å². The zero-order valence-corrected chi connectivity index (χ0v) is 8.93. The van der Waals surface area contributed by atoms with Gasteiger partial charge in [-0.1, -0.05) is 23.8 Å². The molecule has 0 atom stereocenters. The van der Waals surface area contributed by atoms with Crippen LogP contribution in [-0.2, 0) is 4.79 Å². The predicted octanol–water partition coefficient (Wildman–Crippen LogP) is 2.72. The third-order valence-corrected chi connectivity index (χ3v) is 2.14. The Labute approximate surface area is 83.7 Å². The van der Waals surface area contributed by atoms with Crippen molar-refractivity contribution in [1.82, 2.24) is 0 Å². The van der Waals surface area contributed by atoms with E-state index in [9.17, 15) is 4.79 Å². The van der Waals surface area contributed by atoms with Crippen molar-refractivity contribution in [3.63, 3.8) is 0 Å². The van der Waals surface area contributed by atoms with Gasteiger partial charge in [0, 0.05) is 0 Å². The first-order valence-corrected chi connectivity index (χ1v) is 5.61. The highest BCUT2D eigenvalue weighted by molar-refractivity contribution is 7.98. The van der Waals surface area contributed by atoms with Gasteiger partial charge < -0.3 is 5.11 Å². The molecule has 1 N–H and O–H groups in total. The van der Waals surface area contributed by atoms with Gasteiger partial charge in [-0.05, 0) is 25.4 Å². The average Bonchev–Trinajstić information content (AvgIpc) is 2.09. The summed E-state index contributed by atoms with van der Waals surface area (Å²) in [5.74, 6) is 0.230. The molecule has 0 aliphatic rings. The van der Waals surface area contributed by atoms with Crippen LogP contribution in [0.3, 0.4) is 0 Å². The number of hydrogen-bond donors (Lipinski definition) is 1. The van der Waals surface area contributed by atoms with Crippen molar-refractivity contribution in [3.05, 3.63) is 23.8 Å². The number of rotatable bonds is 6. The molecule has 0 aliphatic heterocycles. The maximum absolute atomic E-state index is 10.5. The highest BCUT2D eigenvalue weighted by Crippen LogP contribution is 2.10. The minimum atomic E-state index is -0.753. The quantitative estimate of drug-likeness (QED) is 0.670. The van der Waals surface area contributed by atoms with Crippen LogP contribution in [0.25, 0.3) is 0 Å². The number of aliphatic carboxylic acids is 1. The van der Waals surface area contributed by atoms with Gasteiger partial charge in [0.05, 0.1) is 6.42 Å². The van der Waals surface area contributed by atoms with E-state index in [0.29, 0.717) is 0 Å². The second-order valence-electron chi connectivity index (χ2n) is 2.66. The number of thioether (sulfide) groups is 1. The molecule has 0 unspecified atom stereocenters. The van der Waals surface area contributed by atoms with Gasteiger partial charge in [0.15, 0.2) is 0 Å². The highest BCUT2D eigenvalue weighted by Gasteiger charge is 2.02. The van der Waals surface area contributed by atoms with Gasteiger partial charge in [0.1, 0.15) is 0 Å². The lowest BCUT2D eigenvalue weighted by molar-refractivity contribution is -0.136. The summed E-state index contributed by atoms with van der Waals surface area (Å²) in [7, 11) is 0. The molecule has 0 radical (unpaired) electrons. The van der Waals surface area contributed by atoms with Crippen LogP contribution in [0.2, 0.25) is 0 Å². The standard InChI is InChI=1S/C10H16O2S/c1-3-4-5-9(6-7-13-2)8-10(11)12/h3-5H,6-8H2,1-2H3,(H,11,12)/b4-3-,9-5+. The summed E-state index contributed by atoms with van der Waals surface area (Å²) in [5.41, 5.74) is 0.986. The van der Waals surface area contributed by atoms with Gasteiger partial charge >= 0.3 is 5.97 Å². The third-order valence-electron chi connectivity index (χ3n) is 1.53. The van der Waals surface area contributed by atoms with E-state index in [4.69, 9.17) is 5.11 Å². The lowest BCUT2D eigenvalue weighted by atomic mass is 10.1. The smallest absolute Gasteiger partial charge is 0.307 e. The van der Waals surface area contributed by atoms with Gasteiger partial charge in [-0.25, -0.2) is 0 Å². The van der Waals surface area contributed by atoms with E-state index in [2.05, 4.69) is 0 Å². The van der Waals surface area contributed by atoms with E-state index in [-0.39, 0.29) is 6.42 Å². The van der Waals surface area contributed by atoms with Crippen molar-refractivity contribution in [2.45, 2.75) is 19.8 Å². The molecule has 0 bridgehead atoms. The van der Waals surface area contributed by atoms with Gasteiger partial charge in [-0.15, -0.1) is 0 Å². The lowest BCUT2D eigenvalue weighted by Gasteiger charge is -2.01. The van der Waals surface area contributed by atoms with Crippen molar-refractivity contribution in [1.29, 1.82) is 0 Å². The molecule has 2 nitrogen and oxygen atoms in total. The molecule has 3 heteroatoms. The van der Waals surface area contributed by atoms with Gasteiger partial charge in [0.2, 0.25) is 0 Å².